The summed E-state index contributed by atoms with van der Waals surface area (Å²) in [6.07, 6.45) is 2.96. The summed E-state index contributed by atoms with van der Waals surface area (Å²) in [6, 6.07) is 9.80. The smallest absolute Gasteiger partial charge is 0.339 e. The molecular weight excluding hydrogens is 346 g/mol. The third-order valence-corrected chi connectivity index (χ3v) is 3.61. The Kier molecular flexibility index (Phi) is 6.03. The number of carbonyl (C=O) groups is 2. The molecule has 0 saturated heterocycles. The first kappa shape index (κ1) is 18.4. The average molecular weight is 362 g/mol. The molecule has 0 unspecified atom stereocenters. The molecule has 0 atom stereocenters. The monoisotopic (exact) mass is 361 g/mol. The van der Waals surface area contributed by atoms with Gasteiger partial charge in [0, 0.05) is 12.1 Å². The lowest BCUT2D eigenvalue weighted by atomic mass is 10.1. The highest BCUT2D eigenvalue weighted by atomic mass is 35.5. The van der Waals surface area contributed by atoms with Crippen LogP contribution in [-0.4, -0.2) is 31.2 Å². The molecule has 0 bridgehead atoms. The molecule has 6 nitrogen and oxygen atoms in total. The van der Waals surface area contributed by atoms with E-state index in [0.29, 0.717) is 5.75 Å². The molecule has 0 fully saturated rings. The molecule has 0 saturated carbocycles. The summed E-state index contributed by atoms with van der Waals surface area (Å²) in [6.45, 7) is 0. The molecule has 0 aliphatic carbocycles. The second-order valence-corrected chi connectivity index (χ2v) is 5.34. The Hall–Kier alpha value is -2.99. The van der Waals surface area contributed by atoms with Crippen LogP contribution in [0.15, 0.2) is 42.5 Å². The molecule has 0 spiro atoms. The lowest BCUT2D eigenvalue weighted by molar-refractivity contribution is -0.111. The maximum absolute atomic E-state index is 12.1. The van der Waals surface area contributed by atoms with Crippen LogP contribution in [0.2, 0.25) is 5.02 Å². The third-order valence-electron chi connectivity index (χ3n) is 3.30. The second kappa shape index (κ2) is 8.21. The van der Waals surface area contributed by atoms with Crippen molar-refractivity contribution in [3.63, 3.8) is 0 Å². The van der Waals surface area contributed by atoms with E-state index in [-0.39, 0.29) is 22.0 Å². The first-order valence-electron chi connectivity index (χ1n) is 7.18. The Morgan fingerprint density at radius 3 is 2.56 bits per heavy atom. The van der Waals surface area contributed by atoms with Gasteiger partial charge in [0.2, 0.25) is 5.91 Å². The van der Waals surface area contributed by atoms with Gasteiger partial charge in [-0.15, -0.1) is 0 Å². The zero-order valence-electron chi connectivity index (χ0n) is 13.6. The fraction of sp³-hybridized carbons (Fsp3) is 0.111. The molecule has 0 radical (unpaired) electrons. The van der Waals surface area contributed by atoms with Crippen molar-refractivity contribution in [2.45, 2.75) is 0 Å². The summed E-state index contributed by atoms with van der Waals surface area (Å²) in [7, 11) is 2.90. The molecule has 25 heavy (non-hydrogen) atoms. The quantitative estimate of drug-likeness (QED) is 0.766. The zero-order valence-corrected chi connectivity index (χ0v) is 14.3. The van der Waals surface area contributed by atoms with Gasteiger partial charge in [-0.2, -0.15) is 0 Å². The molecule has 2 aromatic carbocycles. The van der Waals surface area contributed by atoms with Gasteiger partial charge in [-0.05, 0) is 29.8 Å². The molecule has 2 N–H and O–H groups in total. The van der Waals surface area contributed by atoms with E-state index in [2.05, 4.69) is 5.32 Å². The van der Waals surface area contributed by atoms with Crippen molar-refractivity contribution in [3.05, 3.63) is 58.6 Å². The van der Waals surface area contributed by atoms with Gasteiger partial charge in [-0.3, -0.25) is 4.79 Å². The summed E-state index contributed by atoms with van der Waals surface area (Å²) >= 11 is 6.03. The number of aromatic carboxylic acids is 1. The van der Waals surface area contributed by atoms with Crippen LogP contribution in [0.3, 0.4) is 0 Å². The lowest BCUT2D eigenvalue weighted by Gasteiger charge is -2.10. The SMILES string of the molecule is COc1cccc(/C=C/C(=O)Nc2cc(OC)c(C(=O)O)cc2Cl)c1. The first-order valence-corrected chi connectivity index (χ1v) is 7.56. The van der Waals surface area contributed by atoms with Crippen molar-refractivity contribution in [3.8, 4) is 11.5 Å². The van der Waals surface area contributed by atoms with Crippen molar-refractivity contribution in [2.75, 3.05) is 19.5 Å². The highest BCUT2D eigenvalue weighted by Gasteiger charge is 2.15. The van der Waals surface area contributed by atoms with Crippen LogP contribution >= 0.6 is 11.6 Å². The summed E-state index contributed by atoms with van der Waals surface area (Å²) in [4.78, 5) is 23.2. The van der Waals surface area contributed by atoms with Crippen LogP contribution < -0.4 is 14.8 Å². The third kappa shape index (κ3) is 4.74. The number of ether oxygens (including phenoxy) is 2. The van der Waals surface area contributed by atoms with Gasteiger partial charge >= 0.3 is 5.97 Å². The number of anilines is 1. The minimum atomic E-state index is -1.17. The van der Waals surface area contributed by atoms with E-state index in [1.165, 1.54) is 25.3 Å². The number of hydrogen-bond donors (Lipinski definition) is 2. The predicted octanol–water partition coefficient (Wildman–Crippen LogP) is 3.71. The summed E-state index contributed by atoms with van der Waals surface area (Å²) in [5.41, 5.74) is 0.959. The number of carboxylic acids is 1. The van der Waals surface area contributed by atoms with Gasteiger partial charge in [0.25, 0.3) is 0 Å². The van der Waals surface area contributed by atoms with Crippen LogP contribution in [0.4, 0.5) is 5.69 Å². The van der Waals surface area contributed by atoms with Crippen molar-refractivity contribution in [1.29, 1.82) is 0 Å². The Labute approximate surface area is 149 Å². The number of hydrogen-bond acceptors (Lipinski definition) is 4. The van der Waals surface area contributed by atoms with E-state index >= 15 is 0 Å². The predicted molar refractivity (Wildman–Crippen MR) is 95.6 cm³/mol. The van der Waals surface area contributed by atoms with E-state index in [9.17, 15) is 9.59 Å². The van der Waals surface area contributed by atoms with E-state index in [4.69, 9.17) is 26.2 Å². The van der Waals surface area contributed by atoms with Crippen molar-refractivity contribution >= 4 is 35.2 Å². The maximum atomic E-state index is 12.1. The molecule has 1 amide bonds. The largest absolute Gasteiger partial charge is 0.497 e. The number of halogens is 1. The van der Waals surface area contributed by atoms with Crippen LogP contribution in [0.1, 0.15) is 15.9 Å². The lowest BCUT2D eigenvalue weighted by Crippen LogP contribution is -2.09. The van der Waals surface area contributed by atoms with E-state index in [1.807, 2.05) is 12.1 Å². The van der Waals surface area contributed by atoms with Crippen LogP contribution in [0.25, 0.3) is 6.08 Å². The molecule has 0 aliphatic heterocycles. The Morgan fingerprint density at radius 2 is 1.92 bits per heavy atom. The minimum absolute atomic E-state index is 0.0857. The molecule has 7 heteroatoms. The number of nitrogens with one attached hydrogen (secondary N) is 1. The Balaban J connectivity index is 2.17. The van der Waals surface area contributed by atoms with Crippen molar-refractivity contribution in [1.82, 2.24) is 0 Å². The number of amides is 1. The normalized spacial score (nSPS) is 10.5. The molecule has 0 aliphatic rings. The summed E-state index contributed by atoms with van der Waals surface area (Å²) in [5, 5.41) is 11.8. The maximum Gasteiger partial charge on any atom is 0.339 e. The Bertz CT molecular complexity index is 832. The molecule has 130 valence electrons. The zero-order chi connectivity index (χ0) is 18.4. The number of methoxy groups -OCH3 is 2. The molecule has 0 heterocycles. The number of carbonyl (C=O) groups excluding carboxylic acids is 1. The van der Waals surface area contributed by atoms with Crippen molar-refractivity contribution in [2.24, 2.45) is 0 Å². The van der Waals surface area contributed by atoms with E-state index in [1.54, 1.807) is 25.3 Å². The fourth-order valence-electron chi connectivity index (χ4n) is 2.08. The molecular formula is C18H16ClNO5. The highest BCUT2D eigenvalue weighted by Crippen LogP contribution is 2.31. The molecule has 0 aromatic heterocycles. The van der Waals surface area contributed by atoms with E-state index < -0.39 is 11.9 Å². The molecule has 2 rings (SSSR count). The topological polar surface area (TPSA) is 84.9 Å². The van der Waals surface area contributed by atoms with Gasteiger partial charge in [0.15, 0.2) is 0 Å². The minimum Gasteiger partial charge on any atom is -0.497 e. The van der Waals surface area contributed by atoms with E-state index in [0.717, 1.165) is 5.56 Å². The van der Waals surface area contributed by atoms with Crippen LogP contribution in [0, 0.1) is 0 Å². The molecule has 2 aromatic rings. The number of rotatable bonds is 6. The summed E-state index contributed by atoms with van der Waals surface area (Å²) in [5.74, 6) is -0.812. The second-order valence-electron chi connectivity index (χ2n) is 4.94. The van der Waals surface area contributed by atoms with Crippen LogP contribution in [0.5, 0.6) is 11.5 Å². The van der Waals surface area contributed by atoms with Crippen LogP contribution in [-0.2, 0) is 4.79 Å². The first-order chi connectivity index (χ1) is 11.9. The Morgan fingerprint density at radius 1 is 1.16 bits per heavy atom. The van der Waals surface area contributed by atoms with Gasteiger partial charge in [0.05, 0.1) is 24.9 Å². The fourth-order valence-corrected chi connectivity index (χ4v) is 2.29. The number of carboxylic acid groups (broad SMARTS) is 1. The highest BCUT2D eigenvalue weighted by molar-refractivity contribution is 6.34. The standard InChI is InChI=1S/C18H16ClNO5/c1-24-12-5-3-4-11(8-12)6-7-17(21)20-15-10-16(25-2)13(18(22)23)9-14(15)19/h3-10H,1-2H3,(H,20,21)(H,22,23)/b7-6+. The van der Waals surface area contributed by atoms with Gasteiger partial charge in [-0.25, -0.2) is 4.79 Å². The average Bonchev–Trinajstić information content (AvgIpc) is 2.61. The van der Waals surface area contributed by atoms with Crippen molar-refractivity contribution < 1.29 is 24.2 Å². The number of benzene rings is 2. The van der Waals surface area contributed by atoms with Gasteiger partial charge < -0.3 is 19.9 Å². The van der Waals surface area contributed by atoms with Gasteiger partial charge in [0.1, 0.15) is 17.1 Å². The summed E-state index contributed by atoms with van der Waals surface area (Å²) < 4.78 is 10.1. The van der Waals surface area contributed by atoms with Gasteiger partial charge in [-0.1, -0.05) is 23.7 Å².